The van der Waals surface area contributed by atoms with E-state index in [1.54, 1.807) is 0 Å². The second-order valence-corrected chi connectivity index (χ2v) is 7.82. The molecule has 1 atom stereocenters. The van der Waals surface area contributed by atoms with Gasteiger partial charge in [-0.25, -0.2) is 4.98 Å². The molecule has 152 valence electrons. The molecule has 2 aliphatic rings. The summed E-state index contributed by atoms with van der Waals surface area (Å²) in [5.74, 6) is 2.46. The van der Waals surface area contributed by atoms with Crippen molar-refractivity contribution in [1.29, 1.82) is 0 Å². The second kappa shape index (κ2) is 7.44. The van der Waals surface area contributed by atoms with Gasteiger partial charge >= 0.3 is 0 Å². The molecule has 0 saturated carbocycles. The Morgan fingerprint density at radius 3 is 2.37 bits per heavy atom. The predicted octanol–water partition coefficient (Wildman–Crippen LogP) is 4.01. The van der Waals surface area contributed by atoms with Crippen molar-refractivity contribution in [2.75, 3.05) is 13.1 Å². The second-order valence-electron chi connectivity index (χ2n) is 7.82. The van der Waals surface area contributed by atoms with Gasteiger partial charge in [0, 0.05) is 35.9 Å². The van der Waals surface area contributed by atoms with Crippen molar-refractivity contribution in [2.24, 2.45) is 0 Å². The number of aromatic nitrogens is 2. The maximum absolute atomic E-state index is 13.6. The molecule has 0 aliphatic carbocycles. The Bertz CT molecular complexity index is 1050. The summed E-state index contributed by atoms with van der Waals surface area (Å²) in [4.78, 5) is 24.2. The Labute approximate surface area is 175 Å². The van der Waals surface area contributed by atoms with Crippen LogP contribution in [0.25, 0.3) is 0 Å². The fraction of sp³-hybridized carbons (Fsp3) is 0.292. The van der Waals surface area contributed by atoms with Gasteiger partial charge in [-0.15, -0.1) is 0 Å². The van der Waals surface area contributed by atoms with Crippen LogP contribution in [0.15, 0.2) is 54.6 Å². The number of amides is 1. The molecule has 5 rings (SSSR count). The summed E-state index contributed by atoms with van der Waals surface area (Å²) in [6.45, 7) is 4.98. The summed E-state index contributed by atoms with van der Waals surface area (Å²) in [5.41, 5.74) is 2.69. The molecule has 6 heteroatoms. The Morgan fingerprint density at radius 2 is 1.70 bits per heavy atom. The maximum atomic E-state index is 13.6. The molecule has 3 aromatic rings. The quantitative estimate of drug-likeness (QED) is 0.663. The van der Waals surface area contributed by atoms with Crippen LogP contribution in [0.3, 0.4) is 0 Å². The summed E-state index contributed by atoms with van der Waals surface area (Å²) in [6, 6.07) is 17.4. The first kappa shape index (κ1) is 18.6. The summed E-state index contributed by atoms with van der Waals surface area (Å²) in [5, 5.41) is 0. The normalized spacial score (nSPS) is 17.8. The molecular formula is C24H23N3O3. The minimum atomic E-state index is -0.367. The van der Waals surface area contributed by atoms with Crippen LogP contribution in [0.4, 0.5) is 0 Å². The number of likely N-dealkylation sites (tertiary alicyclic amines) is 1. The number of rotatable bonds is 3. The number of para-hydroxylation sites is 2. The van der Waals surface area contributed by atoms with Crippen LogP contribution in [0.2, 0.25) is 0 Å². The van der Waals surface area contributed by atoms with E-state index in [-0.39, 0.29) is 17.9 Å². The summed E-state index contributed by atoms with van der Waals surface area (Å²) < 4.78 is 12.1. The first-order valence-electron chi connectivity index (χ1n) is 10.2. The fourth-order valence-corrected chi connectivity index (χ4v) is 4.30. The topological polar surface area (TPSA) is 64.5 Å². The van der Waals surface area contributed by atoms with E-state index in [9.17, 15) is 4.79 Å². The highest BCUT2D eigenvalue weighted by Crippen LogP contribution is 2.44. The average molecular weight is 401 g/mol. The predicted molar refractivity (Wildman–Crippen MR) is 112 cm³/mol. The van der Waals surface area contributed by atoms with Gasteiger partial charge in [0.15, 0.2) is 0 Å². The van der Waals surface area contributed by atoms with E-state index in [2.05, 4.69) is 9.97 Å². The van der Waals surface area contributed by atoms with Crippen LogP contribution >= 0.6 is 0 Å². The number of hydrogen-bond acceptors (Lipinski definition) is 5. The van der Waals surface area contributed by atoms with E-state index >= 15 is 0 Å². The summed E-state index contributed by atoms with van der Waals surface area (Å²) in [7, 11) is 0. The Hall–Kier alpha value is -3.41. The molecule has 30 heavy (non-hydrogen) atoms. The highest BCUT2D eigenvalue weighted by Gasteiger charge is 2.38. The highest BCUT2D eigenvalue weighted by atomic mass is 16.5. The minimum absolute atomic E-state index is 0.0759. The van der Waals surface area contributed by atoms with Crippen LogP contribution in [0, 0.1) is 13.8 Å². The van der Waals surface area contributed by atoms with Gasteiger partial charge < -0.3 is 14.4 Å². The van der Waals surface area contributed by atoms with Crippen molar-refractivity contribution in [3.8, 4) is 17.4 Å². The van der Waals surface area contributed by atoms with Gasteiger partial charge in [-0.1, -0.05) is 36.4 Å². The monoisotopic (exact) mass is 401 g/mol. The number of hydrogen-bond donors (Lipinski definition) is 0. The zero-order chi connectivity index (χ0) is 20.7. The molecule has 1 saturated heterocycles. The SMILES string of the molecule is Cc1cc(O[C@@H]2CCN(C(=O)C3c4ccccc4Oc4ccccc43)C2)nc(C)n1. The van der Waals surface area contributed by atoms with E-state index in [1.165, 1.54) is 0 Å². The average Bonchev–Trinajstić information content (AvgIpc) is 3.19. The van der Waals surface area contributed by atoms with Crippen LogP contribution in [0.5, 0.6) is 17.4 Å². The number of carbonyl (C=O) groups is 1. The van der Waals surface area contributed by atoms with Gasteiger partial charge in [0.2, 0.25) is 11.8 Å². The first-order chi connectivity index (χ1) is 14.6. The van der Waals surface area contributed by atoms with Crippen molar-refractivity contribution in [2.45, 2.75) is 32.3 Å². The minimum Gasteiger partial charge on any atom is -0.472 e. The number of ether oxygens (including phenoxy) is 2. The number of fused-ring (bicyclic) bond motifs is 2. The van der Waals surface area contributed by atoms with E-state index in [4.69, 9.17) is 9.47 Å². The lowest BCUT2D eigenvalue weighted by Crippen LogP contribution is -2.36. The number of benzene rings is 2. The van der Waals surface area contributed by atoms with Crippen LogP contribution in [-0.2, 0) is 4.79 Å². The van der Waals surface area contributed by atoms with E-state index in [1.807, 2.05) is 73.3 Å². The Balaban J connectivity index is 1.38. The molecular weight excluding hydrogens is 378 g/mol. The van der Waals surface area contributed by atoms with Crippen molar-refractivity contribution < 1.29 is 14.3 Å². The van der Waals surface area contributed by atoms with Crippen molar-refractivity contribution in [3.05, 3.63) is 77.2 Å². The van der Waals surface area contributed by atoms with Crippen molar-refractivity contribution in [1.82, 2.24) is 14.9 Å². The molecule has 1 aromatic heterocycles. The van der Waals surface area contributed by atoms with E-state index in [0.29, 0.717) is 24.8 Å². The molecule has 0 spiro atoms. The van der Waals surface area contributed by atoms with Gasteiger partial charge in [0.25, 0.3) is 0 Å². The molecule has 2 aromatic carbocycles. The van der Waals surface area contributed by atoms with E-state index < -0.39 is 0 Å². The van der Waals surface area contributed by atoms with Crippen LogP contribution in [0.1, 0.15) is 35.0 Å². The lowest BCUT2D eigenvalue weighted by Gasteiger charge is -2.30. The highest BCUT2D eigenvalue weighted by molar-refractivity contribution is 5.90. The third-order valence-electron chi connectivity index (χ3n) is 5.61. The molecule has 0 radical (unpaired) electrons. The number of carbonyl (C=O) groups excluding carboxylic acids is 1. The molecule has 6 nitrogen and oxygen atoms in total. The Kier molecular flexibility index (Phi) is 4.62. The van der Waals surface area contributed by atoms with Gasteiger partial charge in [-0.05, 0) is 26.0 Å². The molecule has 2 aliphatic heterocycles. The number of nitrogens with zero attached hydrogens (tertiary/aromatic N) is 3. The molecule has 0 N–H and O–H groups in total. The molecule has 0 bridgehead atoms. The third kappa shape index (κ3) is 3.38. The Morgan fingerprint density at radius 1 is 1.03 bits per heavy atom. The zero-order valence-electron chi connectivity index (χ0n) is 17.0. The van der Waals surface area contributed by atoms with Crippen molar-refractivity contribution in [3.63, 3.8) is 0 Å². The maximum Gasteiger partial charge on any atom is 0.234 e. The standard InChI is InChI=1S/C24H23N3O3/c1-15-13-22(26-16(2)25-15)29-17-11-12-27(14-17)24(28)23-18-7-3-5-9-20(18)30-21-10-6-4-8-19(21)23/h3-10,13,17,23H,11-12,14H2,1-2H3/t17-/m1/s1. The summed E-state index contributed by atoms with van der Waals surface area (Å²) in [6.07, 6.45) is 0.702. The van der Waals surface area contributed by atoms with E-state index in [0.717, 1.165) is 34.7 Å². The van der Waals surface area contributed by atoms with Gasteiger partial charge in [0.1, 0.15) is 23.4 Å². The van der Waals surface area contributed by atoms with Gasteiger partial charge in [-0.2, -0.15) is 4.98 Å². The van der Waals surface area contributed by atoms with Crippen molar-refractivity contribution >= 4 is 5.91 Å². The molecule has 1 amide bonds. The smallest absolute Gasteiger partial charge is 0.234 e. The van der Waals surface area contributed by atoms with Crippen LogP contribution in [-0.4, -0.2) is 40.0 Å². The summed E-state index contributed by atoms with van der Waals surface area (Å²) >= 11 is 0. The molecule has 1 fully saturated rings. The largest absolute Gasteiger partial charge is 0.472 e. The zero-order valence-corrected chi connectivity index (χ0v) is 17.0. The number of aryl methyl sites for hydroxylation is 2. The van der Waals surface area contributed by atoms with Gasteiger partial charge in [0.05, 0.1) is 12.5 Å². The van der Waals surface area contributed by atoms with Crippen LogP contribution < -0.4 is 9.47 Å². The fourth-order valence-electron chi connectivity index (χ4n) is 4.30. The molecule has 3 heterocycles. The molecule has 0 unspecified atom stereocenters. The third-order valence-corrected chi connectivity index (χ3v) is 5.61. The first-order valence-corrected chi connectivity index (χ1v) is 10.2. The van der Waals surface area contributed by atoms with Gasteiger partial charge in [-0.3, -0.25) is 4.79 Å². The lowest BCUT2D eigenvalue weighted by atomic mass is 9.87. The lowest BCUT2D eigenvalue weighted by molar-refractivity contribution is -0.131.